The van der Waals surface area contributed by atoms with Gasteiger partial charge in [-0.2, -0.15) is 0 Å². The SMILES string of the molecule is CC[B-]1(CC)CCCC[NH+]1C.CC[B-]1(CC)CCCC[NH+]1C. The molecule has 22 heavy (non-hydrogen) atoms. The van der Waals surface area contributed by atoms with Gasteiger partial charge in [0.1, 0.15) is 0 Å². The van der Waals surface area contributed by atoms with Gasteiger partial charge in [0.15, 0.2) is 0 Å². The van der Waals surface area contributed by atoms with Gasteiger partial charge in [-0.1, -0.05) is 40.5 Å². The maximum atomic E-state index is 2.40. The highest BCUT2D eigenvalue weighted by Crippen LogP contribution is 2.20. The van der Waals surface area contributed by atoms with E-state index in [0.717, 1.165) is 0 Å². The fourth-order valence-corrected chi connectivity index (χ4v) is 5.77. The highest BCUT2D eigenvalue weighted by atomic mass is 15.1. The van der Waals surface area contributed by atoms with Crippen LogP contribution in [-0.4, -0.2) is 39.7 Å². The smallest absolute Gasteiger partial charge is 0.207 e. The summed E-state index contributed by atoms with van der Waals surface area (Å²) in [5.74, 6) is 0. The standard InChI is InChI=1S/2C9H22BN/c2*1-4-10(5-2)8-6-7-9-11(10)3/h2*11H,4-9H2,1-3H3. The summed E-state index contributed by atoms with van der Waals surface area (Å²) in [6.07, 6.45) is 14.5. The molecule has 2 aliphatic rings. The summed E-state index contributed by atoms with van der Waals surface area (Å²) in [6.45, 7) is 12.3. The Morgan fingerprint density at radius 3 is 1.09 bits per heavy atom. The normalized spacial score (nSPS) is 30.3. The van der Waals surface area contributed by atoms with Crippen molar-refractivity contribution in [3.8, 4) is 0 Å². The monoisotopic (exact) mass is 310 g/mol. The van der Waals surface area contributed by atoms with E-state index < -0.39 is 0 Å². The Bertz CT molecular complexity index is 271. The molecule has 2 fully saturated rings. The Balaban J connectivity index is 0.000000220. The van der Waals surface area contributed by atoms with Crippen molar-refractivity contribution in [2.45, 2.75) is 91.3 Å². The van der Waals surface area contributed by atoms with Gasteiger partial charge < -0.3 is 9.62 Å². The summed E-state index contributed by atoms with van der Waals surface area (Å²) in [4.78, 5) is 3.67. The molecule has 2 saturated heterocycles. The molecule has 0 aliphatic carbocycles. The molecule has 0 saturated carbocycles. The zero-order valence-electron chi connectivity index (χ0n) is 16.6. The van der Waals surface area contributed by atoms with Crippen LogP contribution in [0.5, 0.6) is 0 Å². The molecule has 0 radical (unpaired) electrons. The van der Waals surface area contributed by atoms with Crippen LogP contribution in [-0.2, 0) is 0 Å². The highest BCUT2D eigenvalue weighted by Gasteiger charge is 2.34. The van der Waals surface area contributed by atoms with Crippen molar-refractivity contribution in [3.63, 3.8) is 0 Å². The van der Waals surface area contributed by atoms with E-state index in [1.807, 2.05) is 9.62 Å². The number of rotatable bonds is 4. The average molecular weight is 310 g/mol. The summed E-state index contributed by atoms with van der Waals surface area (Å²) in [5, 5.41) is 0. The molecule has 2 rings (SSSR count). The Morgan fingerprint density at radius 1 is 0.591 bits per heavy atom. The Morgan fingerprint density at radius 2 is 0.909 bits per heavy atom. The molecule has 0 spiro atoms. The molecule has 0 aromatic heterocycles. The molecule has 0 aromatic rings. The summed E-state index contributed by atoms with van der Waals surface area (Å²) < 4.78 is 0. The lowest BCUT2D eigenvalue weighted by molar-refractivity contribution is -0.779. The van der Waals surface area contributed by atoms with Crippen LogP contribution in [0.4, 0.5) is 0 Å². The first kappa shape index (κ1) is 20.1. The topological polar surface area (TPSA) is 8.88 Å². The Hall–Kier alpha value is 0.0499. The van der Waals surface area contributed by atoms with Crippen LogP contribution >= 0.6 is 0 Å². The zero-order valence-corrected chi connectivity index (χ0v) is 16.6. The first-order chi connectivity index (χ1) is 10.5. The van der Waals surface area contributed by atoms with Crippen LogP contribution in [0.2, 0.25) is 37.9 Å². The van der Waals surface area contributed by atoms with E-state index in [1.54, 1.807) is 0 Å². The van der Waals surface area contributed by atoms with E-state index in [2.05, 4.69) is 41.8 Å². The van der Waals surface area contributed by atoms with Crippen LogP contribution in [0.25, 0.3) is 0 Å². The number of hydrogen-bond donors (Lipinski definition) is 2. The Labute approximate surface area is 141 Å². The van der Waals surface area contributed by atoms with E-state index in [4.69, 9.17) is 0 Å². The second-order valence-electron chi connectivity index (χ2n) is 8.77. The number of quaternary nitrogens is 2. The second kappa shape index (κ2) is 9.37. The van der Waals surface area contributed by atoms with Crippen molar-refractivity contribution in [2.24, 2.45) is 0 Å². The van der Waals surface area contributed by atoms with Crippen LogP contribution in [0.1, 0.15) is 53.4 Å². The van der Waals surface area contributed by atoms with Gasteiger partial charge in [0, 0.05) is 27.2 Å². The van der Waals surface area contributed by atoms with Crippen molar-refractivity contribution in [3.05, 3.63) is 0 Å². The molecule has 2 heterocycles. The van der Waals surface area contributed by atoms with Crippen LogP contribution in [0, 0.1) is 0 Å². The van der Waals surface area contributed by atoms with E-state index in [1.165, 1.54) is 76.7 Å². The van der Waals surface area contributed by atoms with Gasteiger partial charge in [-0.3, -0.25) is 0 Å². The van der Waals surface area contributed by atoms with Crippen molar-refractivity contribution >= 4 is 12.6 Å². The zero-order chi connectivity index (χ0) is 16.6. The van der Waals surface area contributed by atoms with Crippen LogP contribution in [0.3, 0.4) is 0 Å². The molecule has 2 atom stereocenters. The van der Waals surface area contributed by atoms with Crippen molar-refractivity contribution < 1.29 is 9.62 Å². The maximum Gasteiger partial charge on any atom is 0.207 e. The summed E-state index contributed by atoms with van der Waals surface area (Å²) in [7, 11) is 4.79. The minimum absolute atomic E-state index is 0.0174. The maximum absolute atomic E-state index is 2.40. The predicted molar refractivity (Wildman–Crippen MR) is 105 cm³/mol. The van der Waals surface area contributed by atoms with E-state index in [0.29, 0.717) is 0 Å². The molecule has 4 heteroatoms. The molecule has 2 aliphatic heterocycles. The third kappa shape index (κ3) is 4.54. The summed E-state index contributed by atoms with van der Waals surface area (Å²) in [6, 6.07) is 0. The van der Waals surface area contributed by atoms with Crippen LogP contribution < -0.4 is 9.62 Å². The van der Waals surface area contributed by atoms with Crippen molar-refractivity contribution in [1.82, 2.24) is 0 Å². The summed E-state index contributed by atoms with van der Waals surface area (Å²) in [5.41, 5.74) is 0. The third-order valence-electron chi connectivity index (χ3n) is 8.37. The third-order valence-corrected chi connectivity index (χ3v) is 8.37. The first-order valence-electron chi connectivity index (χ1n) is 10.6. The van der Waals surface area contributed by atoms with Crippen molar-refractivity contribution in [1.29, 1.82) is 0 Å². The molecule has 2 unspecified atom stereocenters. The highest BCUT2D eigenvalue weighted by molar-refractivity contribution is 6.72. The number of nitrogens with one attached hydrogen (secondary N) is 2. The second-order valence-corrected chi connectivity index (χ2v) is 8.77. The van der Waals surface area contributed by atoms with Gasteiger partial charge >= 0.3 is 0 Å². The largest absolute Gasteiger partial charge is 0.528 e. The van der Waals surface area contributed by atoms with E-state index in [9.17, 15) is 0 Å². The van der Waals surface area contributed by atoms with Gasteiger partial charge in [-0.05, 0) is 12.8 Å². The lowest BCUT2D eigenvalue weighted by atomic mass is 9.27. The molecular formula is C18H44B2N2. The van der Waals surface area contributed by atoms with Gasteiger partial charge in [0.05, 0.1) is 0 Å². The molecule has 0 amide bonds. The van der Waals surface area contributed by atoms with Gasteiger partial charge in [0.25, 0.3) is 0 Å². The molecular weight excluding hydrogens is 266 g/mol. The quantitative estimate of drug-likeness (QED) is 0.739. The average Bonchev–Trinajstić information content (AvgIpc) is 2.57. The lowest BCUT2D eigenvalue weighted by Gasteiger charge is -2.46. The van der Waals surface area contributed by atoms with Crippen LogP contribution in [0.15, 0.2) is 0 Å². The van der Waals surface area contributed by atoms with Crippen molar-refractivity contribution in [2.75, 3.05) is 27.2 Å². The molecule has 2 N–H and O–H groups in total. The Kier molecular flexibility index (Phi) is 8.56. The minimum Gasteiger partial charge on any atom is -0.528 e. The minimum atomic E-state index is -0.0174. The fourth-order valence-electron chi connectivity index (χ4n) is 5.77. The number of hydrogen-bond acceptors (Lipinski definition) is 0. The first-order valence-corrected chi connectivity index (χ1v) is 10.6. The summed E-state index contributed by atoms with van der Waals surface area (Å²) >= 11 is 0. The molecule has 0 aromatic carbocycles. The molecule has 0 bridgehead atoms. The lowest BCUT2D eigenvalue weighted by Crippen LogP contribution is -3.21. The van der Waals surface area contributed by atoms with Gasteiger partial charge in [0.2, 0.25) is 12.6 Å². The predicted octanol–water partition coefficient (Wildman–Crippen LogP) is 2.56. The van der Waals surface area contributed by atoms with Gasteiger partial charge in [-0.25, -0.2) is 0 Å². The van der Waals surface area contributed by atoms with E-state index >= 15 is 0 Å². The molecule has 2 nitrogen and oxygen atoms in total. The van der Waals surface area contributed by atoms with E-state index in [-0.39, 0.29) is 12.6 Å². The fraction of sp³-hybridized carbons (Fsp3) is 1.00. The van der Waals surface area contributed by atoms with Gasteiger partial charge in [-0.15, -0.1) is 37.9 Å². The molecule has 132 valence electrons.